The van der Waals surface area contributed by atoms with Gasteiger partial charge in [-0.05, 0) is 51.4 Å². The fourth-order valence-corrected chi connectivity index (χ4v) is 2.36. The summed E-state index contributed by atoms with van der Waals surface area (Å²) >= 11 is 0. The second-order valence-corrected chi connectivity index (χ2v) is 6.11. The van der Waals surface area contributed by atoms with Gasteiger partial charge in [0, 0.05) is 0 Å². The average molecular weight is 333 g/mol. The lowest BCUT2D eigenvalue weighted by atomic mass is 10.0. The highest BCUT2D eigenvalue weighted by molar-refractivity contribution is 5.69. The van der Waals surface area contributed by atoms with Crippen LogP contribution in [0.1, 0.15) is 78.1 Å². The van der Waals surface area contributed by atoms with Gasteiger partial charge in [0.15, 0.2) is 0 Å². The molecular formula is C22H36O2. The van der Waals surface area contributed by atoms with Gasteiger partial charge < -0.3 is 5.11 Å². The van der Waals surface area contributed by atoms with Crippen LogP contribution >= 0.6 is 0 Å². The molecule has 0 saturated carbocycles. The predicted molar refractivity (Wildman–Crippen MR) is 105 cm³/mol. The highest BCUT2D eigenvalue weighted by Crippen LogP contribution is 2.11. The van der Waals surface area contributed by atoms with Crippen LogP contribution in [0.5, 0.6) is 0 Å². The van der Waals surface area contributed by atoms with E-state index in [2.05, 4.69) is 55.5 Å². The minimum Gasteiger partial charge on any atom is -0.481 e. The lowest BCUT2D eigenvalue weighted by Crippen LogP contribution is -2.11. The summed E-state index contributed by atoms with van der Waals surface area (Å²) in [6.07, 6.45) is 27.9. The maximum atomic E-state index is 10.9. The molecule has 136 valence electrons. The zero-order valence-electron chi connectivity index (χ0n) is 15.6. The lowest BCUT2D eigenvalue weighted by Gasteiger charge is -2.06. The first-order valence-corrected chi connectivity index (χ1v) is 9.55. The third-order valence-electron chi connectivity index (χ3n) is 3.98. The monoisotopic (exact) mass is 332 g/mol. The van der Waals surface area contributed by atoms with Crippen molar-refractivity contribution in [3.8, 4) is 0 Å². The molecule has 0 rings (SSSR count). The van der Waals surface area contributed by atoms with Crippen LogP contribution in [0.4, 0.5) is 0 Å². The molecule has 0 amide bonds. The Kier molecular flexibility index (Phi) is 16.6. The van der Waals surface area contributed by atoms with Gasteiger partial charge >= 0.3 is 5.97 Å². The fraction of sp³-hybridized carbons (Fsp3) is 0.591. The molecular weight excluding hydrogens is 296 g/mol. The second kappa shape index (κ2) is 17.8. The van der Waals surface area contributed by atoms with Crippen molar-refractivity contribution in [1.29, 1.82) is 0 Å². The van der Waals surface area contributed by atoms with Gasteiger partial charge in [-0.15, -0.1) is 0 Å². The van der Waals surface area contributed by atoms with E-state index in [0.717, 1.165) is 32.1 Å². The minimum atomic E-state index is -0.673. The van der Waals surface area contributed by atoms with E-state index < -0.39 is 5.97 Å². The van der Waals surface area contributed by atoms with Crippen LogP contribution in [0.25, 0.3) is 0 Å². The van der Waals surface area contributed by atoms with Gasteiger partial charge in [-0.1, -0.05) is 75.3 Å². The SMILES string of the molecule is CCCCC/C=C/C/C=C/C/C=C/C/C=C/CCC(CC)C(=O)O. The molecule has 0 spiro atoms. The molecule has 1 atom stereocenters. The van der Waals surface area contributed by atoms with E-state index in [4.69, 9.17) is 5.11 Å². The van der Waals surface area contributed by atoms with Gasteiger partial charge in [0.25, 0.3) is 0 Å². The number of aliphatic carboxylic acids is 1. The molecule has 0 aromatic heterocycles. The van der Waals surface area contributed by atoms with Crippen molar-refractivity contribution < 1.29 is 9.90 Å². The molecule has 1 unspecified atom stereocenters. The first-order chi connectivity index (χ1) is 11.7. The third kappa shape index (κ3) is 15.3. The summed E-state index contributed by atoms with van der Waals surface area (Å²) in [6, 6.07) is 0. The standard InChI is InChI=1S/C22H36O2/c1-3-5-6-7-8-9-10-11-12-13-14-15-16-17-18-19-20-21(4-2)22(23)24/h8-9,11-12,14-15,17-18,21H,3-7,10,13,16,19-20H2,1-2H3,(H,23,24)/b9-8+,12-11+,15-14+,18-17+. The Labute approximate surface area is 149 Å². The Morgan fingerprint density at radius 3 is 1.75 bits per heavy atom. The van der Waals surface area contributed by atoms with E-state index in [0.29, 0.717) is 6.42 Å². The van der Waals surface area contributed by atoms with Crippen molar-refractivity contribution in [3.05, 3.63) is 48.6 Å². The summed E-state index contributed by atoms with van der Waals surface area (Å²) in [4.78, 5) is 10.9. The summed E-state index contributed by atoms with van der Waals surface area (Å²) in [5.74, 6) is -0.871. The molecule has 1 N–H and O–H groups in total. The molecule has 2 nitrogen and oxygen atoms in total. The smallest absolute Gasteiger partial charge is 0.306 e. The maximum absolute atomic E-state index is 10.9. The van der Waals surface area contributed by atoms with E-state index >= 15 is 0 Å². The van der Waals surface area contributed by atoms with Gasteiger partial charge in [-0.3, -0.25) is 4.79 Å². The first kappa shape index (κ1) is 22.4. The molecule has 0 heterocycles. The highest BCUT2D eigenvalue weighted by Gasteiger charge is 2.12. The van der Waals surface area contributed by atoms with Crippen LogP contribution in [0.2, 0.25) is 0 Å². The van der Waals surface area contributed by atoms with Crippen molar-refractivity contribution in [2.45, 2.75) is 78.1 Å². The third-order valence-corrected chi connectivity index (χ3v) is 3.98. The number of hydrogen-bond donors (Lipinski definition) is 1. The number of hydrogen-bond acceptors (Lipinski definition) is 1. The van der Waals surface area contributed by atoms with Crippen LogP contribution in [0, 0.1) is 5.92 Å². The zero-order valence-corrected chi connectivity index (χ0v) is 15.6. The van der Waals surface area contributed by atoms with Crippen molar-refractivity contribution in [3.63, 3.8) is 0 Å². The number of carboxylic acid groups (broad SMARTS) is 1. The Hall–Kier alpha value is -1.57. The maximum Gasteiger partial charge on any atom is 0.306 e. The van der Waals surface area contributed by atoms with Gasteiger partial charge in [0.1, 0.15) is 0 Å². The first-order valence-electron chi connectivity index (χ1n) is 9.55. The number of rotatable bonds is 15. The molecule has 0 aliphatic carbocycles. The summed E-state index contributed by atoms with van der Waals surface area (Å²) in [6.45, 7) is 4.16. The summed E-state index contributed by atoms with van der Waals surface area (Å²) in [7, 11) is 0. The van der Waals surface area contributed by atoms with Gasteiger partial charge in [-0.25, -0.2) is 0 Å². The Bertz CT molecular complexity index is 402. The molecule has 0 bridgehead atoms. The minimum absolute atomic E-state index is 0.198. The van der Waals surface area contributed by atoms with E-state index in [1.54, 1.807) is 0 Å². The van der Waals surface area contributed by atoms with Crippen molar-refractivity contribution >= 4 is 5.97 Å². The summed E-state index contributed by atoms with van der Waals surface area (Å²) < 4.78 is 0. The van der Waals surface area contributed by atoms with Gasteiger partial charge in [0.2, 0.25) is 0 Å². The number of carbonyl (C=O) groups is 1. The van der Waals surface area contributed by atoms with E-state index in [-0.39, 0.29) is 5.92 Å². The molecule has 0 saturated heterocycles. The molecule has 0 aliphatic rings. The predicted octanol–water partition coefficient (Wildman–Crippen LogP) is 6.85. The molecule has 0 aromatic carbocycles. The van der Waals surface area contributed by atoms with Crippen LogP contribution in [-0.4, -0.2) is 11.1 Å². The lowest BCUT2D eigenvalue weighted by molar-refractivity contribution is -0.142. The van der Waals surface area contributed by atoms with Crippen molar-refractivity contribution in [2.75, 3.05) is 0 Å². The number of unbranched alkanes of at least 4 members (excludes halogenated alkanes) is 3. The average Bonchev–Trinajstić information content (AvgIpc) is 2.57. The fourth-order valence-electron chi connectivity index (χ4n) is 2.36. The normalized spacial score (nSPS) is 13.8. The van der Waals surface area contributed by atoms with Crippen LogP contribution in [0.15, 0.2) is 48.6 Å². The Morgan fingerprint density at radius 2 is 1.29 bits per heavy atom. The van der Waals surface area contributed by atoms with Crippen LogP contribution in [0.3, 0.4) is 0 Å². The van der Waals surface area contributed by atoms with E-state index in [1.165, 1.54) is 25.7 Å². The highest BCUT2D eigenvalue weighted by atomic mass is 16.4. The van der Waals surface area contributed by atoms with Gasteiger partial charge in [0.05, 0.1) is 5.92 Å². The number of allylic oxidation sites excluding steroid dienone is 8. The molecule has 0 aliphatic heterocycles. The van der Waals surface area contributed by atoms with E-state index in [1.807, 2.05) is 6.92 Å². The Balaban J connectivity index is 3.56. The molecule has 0 aromatic rings. The van der Waals surface area contributed by atoms with Crippen molar-refractivity contribution in [2.24, 2.45) is 5.92 Å². The summed E-state index contributed by atoms with van der Waals surface area (Å²) in [5, 5.41) is 8.95. The zero-order chi connectivity index (χ0) is 17.9. The second-order valence-electron chi connectivity index (χ2n) is 6.11. The molecule has 0 fully saturated rings. The quantitative estimate of drug-likeness (QED) is 0.263. The van der Waals surface area contributed by atoms with Crippen LogP contribution < -0.4 is 0 Å². The van der Waals surface area contributed by atoms with Gasteiger partial charge in [-0.2, -0.15) is 0 Å². The topological polar surface area (TPSA) is 37.3 Å². The molecule has 24 heavy (non-hydrogen) atoms. The van der Waals surface area contributed by atoms with Crippen molar-refractivity contribution in [1.82, 2.24) is 0 Å². The molecule has 0 radical (unpaired) electrons. The Morgan fingerprint density at radius 1 is 0.792 bits per heavy atom. The number of carboxylic acids is 1. The van der Waals surface area contributed by atoms with E-state index in [9.17, 15) is 4.79 Å². The summed E-state index contributed by atoms with van der Waals surface area (Å²) in [5.41, 5.74) is 0. The largest absolute Gasteiger partial charge is 0.481 e. The van der Waals surface area contributed by atoms with Crippen LogP contribution in [-0.2, 0) is 4.79 Å². The molecule has 2 heteroatoms.